The molecule has 1 aromatic carbocycles. The van der Waals surface area contributed by atoms with E-state index in [9.17, 15) is 25.0 Å². The van der Waals surface area contributed by atoms with E-state index in [4.69, 9.17) is 4.74 Å². The number of amides is 1. The molecular weight excluding hydrogens is 270 g/mol. The number of anilines is 1. The Balaban J connectivity index is 2.55. The second-order valence-corrected chi connectivity index (χ2v) is 3.97. The highest BCUT2D eigenvalue weighted by Gasteiger charge is 2.34. The molecule has 1 aliphatic heterocycles. The number of carbonyl (C=O) groups is 1. The lowest BCUT2D eigenvalue weighted by atomic mass is 10.2. The minimum atomic E-state index is -0.763. The first kappa shape index (κ1) is 13.5. The maximum atomic E-state index is 11.6. The van der Waals surface area contributed by atoms with Crippen LogP contribution in [0.1, 0.15) is 0 Å². The van der Waals surface area contributed by atoms with Gasteiger partial charge in [0.1, 0.15) is 6.61 Å². The zero-order valence-electron chi connectivity index (χ0n) is 10.1. The van der Waals surface area contributed by atoms with Crippen LogP contribution in [0.2, 0.25) is 0 Å². The summed E-state index contributed by atoms with van der Waals surface area (Å²) in [6.07, 6.45) is 0.694. The van der Waals surface area contributed by atoms with Crippen LogP contribution in [-0.2, 0) is 4.74 Å². The van der Waals surface area contributed by atoms with Crippen molar-refractivity contribution in [3.05, 3.63) is 51.1 Å². The van der Waals surface area contributed by atoms with Crippen LogP contribution in [0.15, 0.2) is 30.9 Å². The van der Waals surface area contributed by atoms with E-state index < -0.39 is 33.4 Å². The van der Waals surface area contributed by atoms with E-state index >= 15 is 0 Å². The molecule has 0 spiro atoms. The smallest absolute Gasteiger partial charge is 0.415 e. The SMILES string of the molecule is C=CC1COC(=O)N1c1cc([N+](=O)[O-])cc([N+](=O)[O-])c1. The molecule has 1 amide bonds. The highest BCUT2D eigenvalue weighted by molar-refractivity contribution is 5.91. The molecule has 1 fully saturated rings. The molecule has 9 heteroatoms. The van der Waals surface area contributed by atoms with Crippen molar-refractivity contribution in [3.63, 3.8) is 0 Å². The number of ether oxygens (including phenoxy) is 1. The molecule has 1 saturated heterocycles. The Labute approximate surface area is 112 Å². The van der Waals surface area contributed by atoms with E-state index in [0.29, 0.717) is 0 Å². The molecule has 1 unspecified atom stereocenters. The van der Waals surface area contributed by atoms with Gasteiger partial charge in [0.15, 0.2) is 0 Å². The summed E-state index contributed by atoms with van der Waals surface area (Å²) in [5.41, 5.74) is -0.924. The van der Waals surface area contributed by atoms with Crippen LogP contribution in [0, 0.1) is 20.2 Å². The van der Waals surface area contributed by atoms with Crippen LogP contribution in [-0.4, -0.2) is 28.6 Å². The van der Waals surface area contributed by atoms with Crippen molar-refractivity contribution in [1.82, 2.24) is 0 Å². The van der Waals surface area contributed by atoms with Crippen molar-refractivity contribution in [2.24, 2.45) is 0 Å². The van der Waals surface area contributed by atoms with E-state index in [2.05, 4.69) is 6.58 Å². The largest absolute Gasteiger partial charge is 0.447 e. The molecule has 1 atom stereocenters. The Morgan fingerprint density at radius 2 is 1.80 bits per heavy atom. The summed E-state index contributed by atoms with van der Waals surface area (Å²) in [7, 11) is 0. The summed E-state index contributed by atoms with van der Waals surface area (Å²) in [4.78, 5) is 32.8. The molecule has 1 aliphatic rings. The van der Waals surface area contributed by atoms with Crippen LogP contribution in [0.5, 0.6) is 0 Å². The van der Waals surface area contributed by atoms with Gasteiger partial charge >= 0.3 is 6.09 Å². The van der Waals surface area contributed by atoms with Gasteiger partial charge in [-0.3, -0.25) is 25.1 Å². The third kappa shape index (κ3) is 2.28. The molecule has 1 aromatic rings. The van der Waals surface area contributed by atoms with Gasteiger partial charge in [-0.1, -0.05) is 6.08 Å². The van der Waals surface area contributed by atoms with E-state index in [1.807, 2.05) is 0 Å². The fraction of sp³-hybridized carbons (Fsp3) is 0.182. The maximum Gasteiger partial charge on any atom is 0.415 e. The van der Waals surface area contributed by atoms with E-state index in [0.717, 1.165) is 23.1 Å². The minimum absolute atomic E-state index is 0.0262. The predicted molar refractivity (Wildman–Crippen MR) is 67.6 cm³/mol. The van der Waals surface area contributed by atoms with Crippen molar-refractivity contribution >= 4 is 23.2 Å². The lowest BCUT2D eigenvalue weighted by molar-refractivity contribution is -0.394. The second-order valence-electron chi connectivity index (χ2n) is 3.97. The number of rotatable bonds is 4. The lowest BCUT2D eigenvalue weighted by Gasteiger charge is -2.18. The fourth-order valence-corrected chi connectivity index (χ4v) is 1.84. The van der Waals surface area contributed by atoms with Gasteiger partial charge in [0, 0.05) is 12.1 Å². The standard InChI is InChI=1S/C11H9N3O6/c1-2-7-6-20-11(15)12(7)8-3-9(13(16)17)5-10(4-8)14(18)19/h2-5,7H,1,6H2. The molecule has 0 N–H and O–H groups in total. The quantitative estimate of drug-likeness (QED) is 0.473. The number of cyclic esters (lactones) is 1. The van der Waals surface area contributed by atoms with Gasteiger partial charge in [0.25, 0.3) is 11.4 Å². The molecule has 0 aromatic heterocycles. The fourth-order valence-electron chi connectivity index (χ4n) is 1.84. The van der Waals surface area contributed by atoms with Gasteiger partial charge in [-0.25, -0.2) is 4.79 Å². The van der Waals surface area contributed by atoms with Gasteiger partial charge in [0.05, 0.1) is 27.6 Å². The molecule has 1 heterocycles. The molecule has 0 saturated carbocycles. The average Bonchev–Trinajstić information content (AvgIpc) is 2.79. The Morgan fingerprint density at radius 1 is 1.25 bits per heavy atom. The Hall–Kier alpha value is -2.97. The number of carbonyl (C=O) groups excluding carboxylic acids is 1. The Bertz CT molecular complexity index is 582. The van der Waals surface area contributed by atoms with Crippen LogP contribution in [0.3, 0.4) is 0 Å². The zero-order chi connectivity index (χ0) is 14.9. The molecule has 9 nitrogen and oxygen atoms in total. The molecule has 0 aliphatic carbocycles. The van der Waals surface area contributed by atoms with Crippen LogP contribution in [0.4, 0.5) is 21.9 Å². The summed E-state index contributed by atoms with van der Waals surface area (Å²) in [6, 6.07) is 2.46. The molecule has 104 valence electrons. The minimum Gasteiger partial charge on any atom is -0.447 e. The molecular formula is C11H9N3O6. The number of hydrogen-bond donors (Lipinski definition) is 0. The normalized spacial score (nSPS) is 17.7. The summed E-state index contributed by atoms with van der Waals surface area (Å²) < 4.78 is 4.80. The summed E-state index contributed by atoms with van der Waals surface area (Å²) in [5.74, 6) is 0. The number of non-ortho nitro benzene ring substituents is 2. The van der Waals surface area contributed by atoms with Crippen LogP contribution >= 0.6 is 0 Å². The lowest BCUT2D eigenvalue weighted by Crippen LogP contribution is -2.31. The third-order valence-electron chi connectivity index (χ3n) is 2.77. The predicted octanol–water partition coefficient (Wildman–Crippen LogP) is 2.01. The van der Waals surface area contributed by atoms with E-state index in [1.54, 1.807) is 0 Å². The first-order valence-corrected chi connectivity index (χ1v) is 5.46. The molecule has 2 rings (SSSR count). The van der Waals surface area contributed by atoms with Crippen molar-refractivity contribution in [2.45, 2.75) is 6.04 Å². The number of nitro groups is 2. The first-order valence-electron chi connectivity index (χ1n) is 5.46. The van der Waals surface area contributed by atoms with E-state index in [1.165, 1.54) is 6.08 Å². The topological polar surface area (TPSA) is 116 Å². The van der Waals surface area contributed by atoms with E-state index in [-0.39, 0.29) is 12.3 Å². The first-order chi connectivity index (χ1) is 9.43. The number of benzene rings is 1. The van der Waals surface area contributed by atoms with Gasteiger partial charge in [-0.05, 0) is 0 Å². The van der Waals surface area contributed by atoms with Gasteiger partial charge in [-0.15, -0.1) is 6.58 Å². The highest BCUT2D eigenvalue weighted by atomic mass is 16.6. The van der Waals surface area contributed by atoms with Gasteiger partial charge < -0.3 is 4.74 Å². The molecule has 20 heavy (non-hydrogen) atoms. The van der Waals surface area contributed by atoms with Gasteiger partial charge in [0.2, 0.25) is 0 Å². The van der Waals surface area contributed by atoms with Crippen molar-refractivity contribution in [1.29, 1.82) is 0 Å². The summed E-state index contributed by atoms with van der Waals surface area (Å²) in [5, 5.41) is 21.6. The number of hydrogen-bond acceptors (Lipinski definition) is 6. The third-order valence-corrected chi connectivity index (χ3v) is 2.77. The Kier molecular flexibility index (Phi) is 3.34. The Morgan fingerprint density at radius 3 is 2.25 bits per heavy atom. The highest BCUT2D eigenvalue weighted by Crippen LogP contribution is 2.31. The van der Waals surface area contributed by atoms with Crippen molar-refractivity contribution in [3.8, 4) is 0 Å². The number of nitrogens with zero attached hydrogens (tertiary/aromatic N) is 3. The molecule has 0 bridgehead atoms. The zero-order valence-corrected chi connectivity index (χ0v) is 10.1. The second kappa shape index (κ2) is 4.96. The van der Waals surface area contributed by atoms with Crippen molar-refractivity contribution < 1.29 is 19.4 Å². The number of nitro benzene ring substituents is 2. The maximum absolute atomic E-state index is 11.6. The van der Waals surface area contributed by atoms with Gasteiger partial charge in [-0.2, -0.15) is 0 Å². The average molecular weight is 279 g/mol. The summed E-state index contributed by atoms with van der Waals surface area (Å²) in [6.45, 7) is 3.57. The van der Waals surface area contributed by atoms with Crippen LogP contribution < -0.4 is 4.90 Å². The monoisotopic (exact) mass is 279 g/mol. The molecule has 0 radical (unpaired) electrons. The van der Waals surface area contributed by atoms with Crippen LogP contribution in [0.25, 0.3) is 0 Å². The van der Waals surface area contributed by atoms with Crippen molar-refractivity contribution in [2.75, 3.05) is 11.5 Å². The summed E-state index contributed by atoms with van der Waals surface area (Å²) >= 11 is 0.